The van der Waals surface area contributed by atoms with Crippen LogP contribution >= 0.6 is 11.3 Å². The van der Waals surface area contributed by atoms with Crippen molar-refractivity contribution >= 4 is 17.2 Å². The van der Waals surface area contributed by atoms with E-state index in [0.717, 1.165) is 18.4 Å². The molecule has 0 spiro atoms. The lowest BCUT2D eigenvalue weighted by molar-refractivity contribution is -0.121. The summed E-state index contributed by atoms with van der Waals surface area (Å²) >= 11 is 1.66. The number of amides is 1. The molecule has 2 aromatic rings. The third-order valence-corrected chi connectivity index (χ3v) is 3.84. The molecule has 2 N–H and O–H groups in total. The van der Waals surface area contributed by atoms with Gasteiger partial charge in [0.2, 0.25) is 5.91 Å². The molecule has 106 valence electrons. The third kappa shape index (κ3) is 4.70. The standard InChI is InChI=1S/C16H19NO2S/c1-12(10-13-2-5-15(18)6-3-13)17-16(19)7-4-14-8-9-20-11-14/h2-3,5-6,8-9,11-12,18H,4,7,10H2,1H3,(H,17,19)/t12-/m1/s1. The van der Waals surface area contributed by atoms with Gasteiger partial charge in [0.05, 0.1) is 0 Å². The number of hydrogen-bond donors (Lipinski definition) is 2. The summed E-state index contributed by atoms with van der Waals surface area (Å²) in [6, 6.07) is 9.24. The maximum absolute atomic E-state index is 11.8. The number of rotatable bonds is 6. The van der Waals surface area contributed by atoms with Crippen LogP contribution in [0.25, 0.3) is 0 Å². The Morgan fingerprint density at radius 2 is 2.00 bits per heavy atom. The summed E-state index contributed by atoms with van der Waals surface area (Å²) in [4.78, 5) is 11.8. The smallest absolute Gasteiger partial charge is 0.220 e. The van der Waals surface area contributed by atoms with Gasteiger partial charge >= 0.3 is 0 Å². The highest BCUT2D eigenvalue weighted by Gasteiger charge is 2.08. The largest absolute Gasteiger partial charge is 0.508 e. The van der Waals surface area contributed by atoms with E-state index in [1.165, 1.54) is 5.56 Å². The second-order valence-electron chi connectivity index (χ2n) is 4.97. The molecular weight excluding hydrogens is 270 g/mol. The topological polar surface area (TPSA) is 49.3 Å². The normalized spacial score (nSPS) is 12.1. The zero-order valence-corrected chi connectivity index (χ0v) is 12.3. The number of thiophene rings is 1. The van der Waals surface area contributed by atoms with E-state index in [4.69, 9.17) is 0 Å². The summed E-state index contributed by atoms with van der Waals surface area (Å²) < 4.78 is 0. The molecule has 0 radical (unpaired) electrons. The van der Waals surface area contributed by atoms with Crippen LogP contribution in [0.5, 0.6) is 5.75 Å². The Morgan fingerprint density at radius 3 is 2.65 bits per heavy atom. The SMILES string of the molecule is C[C@H](Cc1ccc(O)cc1)NC(=O)CCc1ccsc1. The van der Waals surface area contributed by atoms with Crippen LogP contribution in [-0.4, -0.2) is 17.1 Å². The van der Waals surface area contributed by atoms with Crippen LogP contribution in [0.3, 0.4) is 0 Å². The third-order valence-electron chi connectivity index (χ3n) is 3.11. The van der Waals surface area contributed by atoms with E-state index in [1.807, 2.05) is 24.4 Å². The van der Waals surface area contributed by atoms with Crippen LogP contribution < -0.4 is 5.32 Å². The van der Waals surface area contributed by atoms with Crippen LogP contribution in [0, 0.1) is 0 Å². The summed E-state index contributed by atoms with van der Waals surface area (Å²) in [5.41, 5.74) is 2.32. The number of nitrogens with one attached hydrogen (secondary N) is 1. The van der Waals surface area contributed by atoms with Gasteiger partial charge < -0.3 is 10.4 Å². The zero-order valence-electron chi connectivity index (χ0n) is 11.5. The molecule has 3 nitrogen and oxygen atoms in total. The van der Waals surface area contributed by atoms with Gasteiger partial charge in [-0.25, -0.2) is 0 Å². The van der Waals surface area contributed by atoms with Gasteiger partial charge in [0.15, 0.2) is 0 Å². The molecular formula is C16H19NO2S. The molecule has 20 heavy (non-hydrogen) atoms. The Bertz CT molecular complexity index is 534. The first-order valence-corrected chi connectivity index (χ1v) is 7.66. The van der Waals surface area contributed by atoms with Gasteiger partial charge in [0, 0.05) is 12.5 Å². The Balaban J connectivity index is 1.74. The molecule has 2 rings (SSSR count). The molecule has 1 aromatic heterocycles. The number of phenols is 1. The Labute approximate surface area is 123 Å². The predicted octanol–water partition coefficient (Wildman–Crippen LogP) is 3.13. The van der Waals surface area contributed by atoms with E-state index in [0.29, 0.717) is 6.42 Å². The van der Waals surface area contributed by atoms with Gasteiger partial charge in [0.1, 0.15) is 5.75 Å². The summed E-state index contributed by atoms with van der Waals surface area (Å²) in [6.45, 7) is 2.00. The van der Waals surface area contributed by atoms with Gasteiger partial charge in [-0.1, -0.05) is 12.1 Å². The van der Waals surface area contributed by atoms with Crippen LogP contribution in [0.15, 0.2) is 41.1 Å². The highest BCUT2D eigenvalue weighted by Crippen LogP contribution is 2.12. The van der Waals surface area contributed by atoms with Crippen molar-refractivity contribution in [3.8, 4) is 5.75 Å². The van der Waals surface area contributed by atoms with Crippen molar-refractivity contribution < 1.29 is 9.90 Å². The summed E-state index contributed by atoms with van der Waals surface area (Å²) in [7, 11) is 0. The lowest BCUT2D eigenvalue weighted by atomic mass is 10.1. The number of carbonyl (C=O) groups excluding carboxylic acids is 1. The number of phenolic OH excluding ortho intramolecular Hbond substituents is 1. The van der Waals surface area contributed by atoms with Gasteiger partial charge in [-0.2, -0.15) is 11.3 Å². The summed E-state index contributed by atoms with van der Waals surface area (Å²) in [5.74, 6) is 0.351. The van der Waals surface area contributed by atoms with Crippen LogP contribution in [0.1, 0.15) is 24.5 Å². The molecule has 0 saturated carbocycles. The Hall–Kier alpha value is -1.81. The fourth-order valence-electron chi connectivity index (χ4n) is 2.08. The predicted molar refractivity (Wildman–Crippen MR) is 82.1 cm³/mol. The maximum Gasteiger partial charge on any atom is 0.220 e. The monoisotopic (exact) mass is 289 g/mol. The minimum Gasteiger partial charge on any atom is -0.508 e. The van der Waals surface area contributed by atoms with E-state index in [1.54, 1.807) is 23.5 Å². The number of aromatic hydroxyl groups is 1. The molecule has 1 aromatic carbocycles. The quantitative estimate of drug-likeness (QED) is 0.858. The average Bonchev–Trinajstić information content (AvgIpc) is 2.92. The molecule has 1 atom stereocenters. The molecule has 1 heterocycles. The van der Waals surface area contributed by atoms with Crippen molar-refractivity contribution in [2.45, 2.75) is 32.2 Å². The molecule has 0 aliphatic rings. The molecule has 0 saturated heterocycles. The van der Waals surface area contributed by atoms with Crippen molar-refractivity contribution in [1.82, 2.24) is 5.32 Å². The van der Waals surface area contributed by atoms with E-state index >= 15 is 0 Å². The molecule has 0 aliphatic carbocycles. The summed E-state index contributed by atoms with van der Waals surface area (Å²) in [6.07, 6.45) is 2.09. The van der Waals surface area contributed by atoms with E-state index in [9.17, 15) is 9.90 Å². The molecule has 4 heteroatoms. The second kappa shape index (κ2) is 7.10. The average molecular weight is 289 g/mol. The van der Waals surface area contributed by atoms with Crippen molar-refractivity contribution in [2.24, 2.45) is 0 Å². The molecule has 1 amide bonds. The number of hydrogen-bond acceptors (Lipinski definition) is 3. The first kappa shape index (κ1) is 14.6. The van der Waals surface area contributed by atoms with Crippen molar-refractivity contribution in [1.29, 1.82) is 0 Å². The van der Waals surface area contributed by atoms with E-state index in [2.05, 4.69) is 16.8 Å². The highest BCUT2D eigenvalue weighted by molar-refractivity contribution is 7.07. The van der Waals surface area contributed by atoms with Gasteiger partial charge in [-0.3, -0.25) is 4.79 Å². The van der Waals surface area contributed by atoms with Gasteiger partial charge in [0.25, 0.3) is 0 Å². The van der Waals surface area contributed by atoms with Crippen LogP contribution in [0.4, 0.5) is 0 Å². The maximum atomic E-state index is 11.8. The van der Waals surface area contributed by atoms with E-state index < -0.39 is 0 Å². The fourth-order valence-corrected chi connectivity index (χ4v) is 2.78. The van der Waals surface area contributed by atoms with Crippen LogP contribution in [0.2, 0.25) is 0 Å². The number of aryl methyl sites for hydroxylation is 1. The minimum atomic E-state index is 0.0856. The van der Waals surface area contributed by atoms with Crippen molar-refractivity contribution in [3.05, 3.63) is 52.2 Å². The molecule has 0 aliphatic heterocycles. The number of carbonyl (C=O) groups is 1. The van der Waals surface area contributed by atoms with Gasteiger partial charge in [-0.15, -0.1) is 0 Å². The summed E-state index contributed by atoms with van der Waals surface area (Å²) in [5, 5.41) is 16.3. The van der Waals surface area contributed by atoms with E-state index in [-0.39, 0.29) is 17.7 Å². The first-order chi connectivity index (χ1) is 9.63. The minimum absolute atomic E-state index is 0.0856. The zero-order chi connectivity index (χ0) is 14.4. The molecule has 0 unspecified atom stereocenters. The molecule has 0 bridgehead atoms. The first-order valence-electron chi connectivity index (χ1n) is 6.72. The highest BCUT2D eigenvalue weighted by atomic mass is 32.1. The molecule has 0 fully saturated rings. The van der Waals surface area contributed by atoms with Gasteiger partial charge in [-0.05, 0) is 59.9 Å². The lowest BCUT2D eigenvalue weighted by Gasteiger charge is -2.14. The lowest BCUT2D eigenvalue weighted by Crippen LogP contribution is -2.34. The van der Waals surface area contributed by atoms with Crippen molar-refractivity contribution in [2.75, 3.05) is 0 Å². The Morgan fingerprint density at radius 1 is 1.25 bits per heavy atom. The second-order valence-corrected chi connectivity index (χ2v) is 5.75. The van der Waals surface area contributed by atoms with Crippen LogP contribution in [-0.2, 0) is 17.6 Å². The number of benzene rings is 1. The van der Waals surface area contributed by atoms with Crippen molar-refractivity contribution in [3.63, 3.8) is 0 Å². The Kier molecular flexibility index (Phi) is 5.18. The fraction of sp³-hybridized carbons (Fsp3) is 0.312.